The van der Waals surface area contributed by atoms with Crippen molar-refractivity contribution < 1.29 is 18.0 Å². The quantitative estimate of drug-likeness (QED) is 0.686. The van der Waals surface area contributed by atoms with Crippen LogP contribution in [0, 0.1) is 25.1 Å². The molecule has 30 heavy (non-hydrogen) atoms. The Kier molecular flexibility index (Phi) is 5.51. The van der Waals surface area contributed by atoms with Crippen molar-refractivity contribution in [3.05, 3.63) is 58.4 Å². The van der Waals surface area contributed by atoms with E-state index in [0.29, 0.717) is 25.1 Å². The first-order chi connectivity index (χ1) is 14.3. The Morgan fingerprint density at radius 2 is 1.73 bits per heavy atom. The number of benzene rings is 2. The molecular weight excluding hydrogens is 389 g/mol. The highest BCUT2D eigenvalue weighted by Crippen LogP contribution is 2.44. The number of nitrogens with one attached hydrogen (secondary N) is 1. The van der Waals surface area contributed by atoms with Crippen molar-refractivity contribution in [3.8, 4) is 0 Å². The van der Waals surface area contributed by atoms with Gasteiger partial charge in [-0.1, -0.05) is 18.9 Å². The number of halogens is 3. The minimum absolute atomic E-state index is 0.210. The first-order valence-electron chi connectivity index (χ1n) is 10.5. The summed E-state index contributed by atoms with van der Waals surface area (Å²) in [6.45, 7) is 5.25. The smallest absolute Gasteiger partial charge is 0.252 e. The molecular formula is C24H27F3N2O. The summed E-state index contributed by atoms with van der Waals surface area (Å²) in [6.07, 6.45) is -0.0935. The summed E-state index contributed by atoms with van der Waals surface area (Å²) in [4.78, 5) is 15.0. The Labute approximate surface area is 175 Å². The molecule has 160 valence electrons. The second-order valence-corrected chi connectivity index (χ2v) is 8.66. The summed E-state index contributed by atoms with van der Waals surface area (Å²) in [5, 5.41) is 2.82. The molecule has 0 radical (unpaired) electrons. The highest BCUT2D eigenvalue weighted by Gasteiger charge is 2.49. The first kappa shape index (κ1) is 20.8. The molecule has 0 atom stereocenters. The maximum absolute atomic E-state index is 13.7. The highest BCUT2D eigenvalue weighted by atomic mass is 19.3. The first-order valence-corrected chi connectivity index (χ1v) is 10.5. The molecule has 1 fully saturated rings. The van der Waals surface area contributed by atoms with Crippen molar-refractivity contribution in [2.45, 2.75) is 58.9 Å². The fraction of sp³-hybridized carbons (Fsp3) is 0.458. The monoisotopic (exact) mass is 416 g/mol. The third kappa shape index (κ3) is 3.68. The molecule has 2 aromatic rings. The molecule has 2 aliphatic rings. The van der Waals surface area contributed by atoms with E-state index in [0.717, 1.165) is 40.9 Å². The topological polar surface area (TPSA) is 32.3 Å². The minimum atomic E-state index is -2.65. The van der Waals surface area contributed by atoms with Gasteiger partial charge in [-0.25, -0.2) is 13.2 Å². The number of nitrogens with zero attached hydrogens (tertiary/aromatic N) is 1. The molecule has 1 saturated carbocycles. The van der Waals surface area contributed by atoms with E-state index < -0.39 is 17.7 Å². The van der Waals surface area contributed by atoms with Crippen LogP contribution in [0.15, 0.2) is 30.3 Å². The zero-order chi connectivity index (χ0) is 21.5. The van der Waals surface area contributed by atoms with Gasteiger partial charge in [0.25, 0.3) is 6.43 Å². The van der Waals surface area contributed by atoms with Crippen molar-refractivity contribution in [2.24, 2.45) is 5.41 Å². The van der Waals surface area contributed by atoms with E-state index in [-0.39, 0.29) is 18.7 Å². The summed E-state index contributed by atoms with van der Waals surface area (Å²) >= 11 is 0. The van der Waals surface area contributed by atoms with Gasteiger partial charge in [-0.15, -0.1) is 0 Å². The Morgan fingerprint density at radius 1 is 1.07 bits per heavy atom. The Balaban J connectivity index is 1.55. The lowest BCUT2D eigenvalue weighted by Crippen LogP contribution is -2.40. The second-order valence-electron chi connectivity index (χ2n) is 8.66. The van der Waals surface area contributed by atoms with Gasteiger partial charge in [0.05, 0.1) is 0 Å². The molecule has 6 heteroatoms. The highest BCUT2D eigenvalue weighted by molar-refractivity contribution is 5.97. The van der Waals surface area contributed by atoms with E-state index in [1.54, 1.807) is 6.07 Å². The lowest BCUT2D eigenvalue weighted by atomic mass is 9.85. The Bertz CT molecular complexity index is 944. The molecule has 4 rings (SSSR count). The average molecular weight is 416 g/mol. The van der Waals surface area contributed by atoms with Crippen LogP contribution in [0.1, 0.15) is 47.9 Å². The number of alkyl halides is 2. The molecule has 1 amide bonds. The number of aryl methyl sites for hydroxylation is 2. The molecule has 0 bridgehead atoms. The third-order valence-electron chi connectivity index (χ3n) is 6.67. The summed E-state index contributed by atoms with van der Waals surface area (Å²) in [6, 6.07) is 8.89. The van der Waals surface area contributed by atoms with Crippen LogP contribution in [0.3, 0.4) is 0 Å². The Hall–Kier alpha value is -2.50. The van der Waals surface area contributed by atoms with Gasteiger partial charge < -0.3 is 10.2 Å². The molecule has 1 aliphatic carbocycles. The van der Waals surface area contributed by atoms with Crippen LogP contribution in [-0.2, 0) is 17.8 Å². The number of carbonyl (C=O) groups is 1. The summed E-state index contributed by atoms with van der Waals surface area (Å²) < 4.78 is 40.9. The van der Waals surface area contributed by atoms with Gasteiger partial charge in [0.2, 0.25) is 5.91 Å². The van der Waals surface area contributed by atoms with Gasteiger partial charge in [0.15, 0.2) is 0 Å². The molecule has 1 aliphatic heterocycles. The van der Waals surface area contributed by atoms with Crippen LogP contribution >= 0.6 is 0 Å². The number of rotatable bonds is 4. The normalized spacial score (nSPS) is 17.9. The van der Waals surface area contributed by atoms with Gasteiger partial charge in [-0.2, -0.15) is 0 Å². The molecule has 0 aromatic heterocycles. The van der Waals surface area contributed by atoms with Crippen molar-refractivity contribution in [1.29, 1.82) is 0 Å². The second kappa shape index (κ2) is 7.97. The van der Waals surface area contributed by atoms with E-state index >= 15 is 0 Å². The van der Waals surface area contributed by atoms with Crippen LogP contribution in [0.25, 0.3) is 0 Å². The van der Waals surface area contributed by atoms with Gasteiger partial charge >= 0.3 is 0 Å². The van der Waals surface area contributed by atoms with Crippen LogP contribution < -0.4 is 10.2 Å². The van der Waals surface area contributed by atoms with Gasteiger partial charge in [-0.05, 0) is 79.6 Å². The van der Waals surface area contributed by atoms with Gasteiger partial charge in [0.1, 0.15) is 11.2 Å². The summed E-state index contributed by atoms with van der Waals surface area (Å²) in [5.74, 6) is -0.777. The lowest BCUT2D eigenvalue weighted by Gasteiger charge is -2.32. The Morgan fingerprint density at radius 3 is 2.37 bits per heavy atom. The standard InChI is InChI=1S/C24H27F3N2O/c1-15-11-20(29-10-7-17-13-19(25)6-5-18(17)14-29)12-16(2)21(15)28-23(30)24(22(26)27)8-3-4-9-24/h5-6,11-13,22H,3-4,7-10,14H2,1-2H3,(H,28,30). The number of hydrogen-bond acceptors (Lipinski definition) is 2. The molecule has 0 saturated heterocycles. The SMILES string of the molecule is Cc1cc(N2CCc3cc(F)ccc3C2)cc(C)c1NC(=O)C1(C(F)F)CCCC1. The predicted octanol–water partition coefficient (Wildman–Crippen LogP) is 5.77. The van der Waals surface area contributed by atoms with Crippen molar-refractivity contribution in [2.75, 3.05) is 16.8 Å². The summed E-state index contributed by atoms with van der Waals surface area (Å²) in [5.41, 5.74) is 3.92. The van der Waals surface area contributed by atoms with E-state index in [1.807, 2.05) is 32.0 Å². The lowest BCUT2D eigenvalue weighted by molar-refractivity contribution is -0.134. The predicted molar refractivity (Wildman–Crippen MR) is 113 cm³/mol. The van der Waals surface area contributed by atoms with Crippen LogP contribution in [0.4, 0.5) is 24.5 Å². The fourth-order valence-corrected chi connectivity index (χ4v) is 4.85. The van der Waals surface area contributed by atoms with Crippen LogP contribution in [0.2, 0.25) is 0 Å². The number of hydrogen-bond donors (Lipinski definition) is 1. The third-order valence-corrected chi connectivity index (χ3v) is 6.67. The van der Waals surface area contributed by atoms with Crippen LogP contribution in [0.5, 0.6) is 0 Å². The van der Waals surface area contributed by atoms with Crippen molar-refractivity contribution >= 4 is 17.3 Å². The summed E-state index contributed by atoms with van der Waals surface area (Å²) in [7, 11) is 0. The molecule has 1 N–H and O–H groups in total. The molecule has 0 spiro atoms. The van der Waals surface area contributed by atoms with Crippen LogP contribution in [-0.4, -0.2) is 18.9 Å². The van der Waals surface area contributed by atoms with Gasteiger partial charge in [-0.3, -0.25) is 4.79 Å². The van der Waals surface area contributed by atoms with E-state index in [9.17, 15) is 18.0 Å². The number of amides is 1. The molecule has 3 nitrogen and oxygen atoms in total. The van der Waals surface area contributed by atoms with Gasteiger partial charge in [0, 0.05) is 24.5 Å². The number of carbonyl (C=O) groups excluding carboxylic acids is 1. The fourth-order valence-electron chi connectivity index (χ4n) is 4.85. The zero-order valence-corrected chi connectivity index (χ0v) is 17.4. The van der Waals surface area contributed by atoms with E-state index in [4.69, 9.17) is 0 Å². The zero-order valence-electron chi connectivity index (χ0n) is 17.4. The number of anilines is 2. The molecule has 0 unspecified atom stereocenters. The van der Waals surface area contributed by atoms with Crippen molar-refractivity contribution in [1.82, 2.24) is 0 Å². The molecule has 2 aromatic carbocycles. The maximum Gasteiger partial charge on any atom is 0.252 e. The minimum Gasteiger partial charge on any atom is -0.367 e. The maximum atomic E-state index is 13.7. The van der Waals surface area contributed by atoms with E-state index in [1.165, 1.54) is 6.07 Å². The average Bonchev–Trinajstić information content (AvgIpc) is 3.21. The largest absolute Gasteiger partial charge is 0.367 e. The van der Waals surface area contributed by atoms with E-state index in [2.05, 4.69) is 10.2 Å². The number of fused-ring (bicyclic) bond motifs is 1. The van der Waals surface area contributed by atoms with Crippen molar-refractivity contribution in [3.63, 3.8) is 0 Å². The molecule has 1 heterocycles.